The average molecular weight is 417 g/mol. The topological polar surface area (TPSA) is 129 Å². The molecule has 3 N–H and O–H groups in total. The first-order valence-electron chi connectivity index (χ1n) is 9.71. The standard InChI is InChI=1S/C18H30O3S.C2H2O4/c1-2-3-4-5-6-7-8-9-10-11-14-17-15-12-13-16-18(17)22(19,20)21;3-1(4)2(5)6/h12-13,15-16H,2-11,14H2,1H3,(H,19,20,21);(H,3,4)(H,5,6). The van der Waals surface area contributed by atoms with Crippen molar-refractivity contribution in [1.29, 1.82) is 0 Å². The maximum absolute atomic E-state index is 11.3. The summed E-state index contributed by atoms with van der Waals surface area (Å²) in [5, 5.41) is 14.8. The van der Waals surface area contributed by atoms with Crippen LogP contribution < -0.4 is 0 Å². The highest BCUT2D eigenvalue weighted by Crippen LogP contribution is 2.18. The molecule has 0 fully saturated rings. The fraction of sp³-hybridized carbons (Fsp3) is 0.600. The Hall–Kier alpha value is -1.93. The number of carboxylic acid groups (broad SMARTS) is 2. The van der Waals surface area contributed by atoms with E-state index in [1.165, 1.54) is 57.4 Å². The van der Waals surface area contributed by atoms with E-state index in [9.17, 15) is 13.0 Å². The predicted octanol–water partition coefficient (Wildman–Crippen LogP) is 4.55. The molecular weight excluding hydrogens is 384 g/mol. The monoisotopic (exact) mass is 416 g/mol. The Bertz CT molecular complexity index is 672. The van der Waals surface area contributed by atoms with Gasteiger partial charge in [-0.1, -0.05) is 82.9 Å². The number of hydrogen-bond donors (Lipinski definition) is 3. The lowest BCUT2D eigenvalue weighted by Crippen LogP contribution is -2.09. The van der Waals surface area contributed by atoms with Crippen molar-refractivity contribution < 1.29 is 32.8 Å². The summed E-state index contributed by atoms with van der Waals surface area (Å²) in [6.45, 7) is 2.24. The van der Waals surface area contributed by atoms with Crippen LogP contribution in [0.2, 0.25) is 0 Å². The Morgan fingerprint density at radius 1 is 0.786 bits per heavy atom. The van der Waals surface area contributed by atoms with Crippen LogP contribution >= 0.6 is 0 Å². The van der Waals surface area contributed by atoms with Crippen molar-refractivity contribution in [2.45, 2.75) is 82.4 Å². The fourth-order valence-electron chi connectivity index (χ4n) is 2.76. The number of carboxylic acids is 2. The van der Waals surface area contributed by atoms with E-state index in [1.807, 2.05) is 6.07 Å². The average Bonchev–Trinajstić information content (AvgIpc) is 2.63. The van der Waals surface area contributed by atoms with E-state index in [4.69, 9.17) is 19.8 Å². The molecule has 7 nitrogen and oxygen atoms in total. The fourth-order valence-corrected chi connectivity index (χ4v) is 3.52. The van der Waals surface area contributed by atoms with Crippen LogP contribution in [0.5, 0.6) is 0 Å². The zero-order chi connectivity index (χ0) is 21.4. The third-order valence-electron chi connectivity index (χ3n) is 4.23. The molecule has 0 aliphatic rings. The molecule has 0 atom stereocenters. The Kier molecular flexibility index (Phi) is 14.0. The first-order valence-corrected chi connectivity index (χ1v) is 11.2. The summed E-state index contributed by atoms with van der Waals surface area (Å²) in [5.74, 6) is -3.65. The lowest BCUT2D eigenvalue weighted by atomic mass is 10.0. The van der Waals surface area contributed by atoms with E-state index in [1.54, 1.807) is 12.1 Å². The molecule has 0 saturated heterocycles. The smallest absolute Gasteiger partial charge is 0.414 e. The molecule has 0 spiro atoms. The van der Waals surface area contributed by atoms with Gasteiger partial charge < -0.3 is 10.2 Å². The van der Waals surface area contributed by atoms with Crippen molar-refractivity contribution in [2.24, 2.45) is 0 Å². The molecule has 1 rings (SSSR count). The summed E-state index contributed by atoms with van der Waals surface area (Å²) in [5.41, 5.74) is 0.726. The lowest BCUT2D eigenvalue weighted by molar-refractivity contribution is -0.159. The van der Waals surface area contributed by atoms with Gasteiger partial charge in [0.05, 0.1) is 4.90 Å². The number of hydrogen-bond acceptors (Lipinski definition) is 4. The predicted molar refractivity (Wildman–Crippen MR) is 107 cm³/mol. The minimum Gasteiger partial charge on any atom is -0.473 e. The molecule has 0 saturated carbocycles. The summed E-state index contributed by atoms with van der Waals surface area (Å²) < 4.78 is 31.8. The molecule has 1 aromatic carbocycles. The van der Waals surface area contributed by atoms with Gasteiger partial charge in [-0.25, -0.2) is 9.59 Å². The Balaban J connectivity index is 0.00000105. The summed E-state index contributed by atoms with van der Waals surface area (Å²) in [7, 11) is -4.10. The lowest BCUT2D eigenvalue weighted by Gasteiger charge is -2.07. The van der Waals surface area contributed by atoms with Crippen LogP contribution in [0.15, 0.2) is 29.2 Å². The highest BCUT2D eigenvalue weighted by molar-refractivity contribution is 7.85. The highest BCUT2D eigenvalue weighted by Gasteiger charge is 2.13. The van der Waals surface area contributed by atoms with Crippen LogP contribution in [0.3, 0.4) is 0 Å². The van der Waals surface area contributed by atoms with E-state index in [0.29, 0.717) is 6.42 Å². The third kappa shape index (κ3) is 13.3. The highest BCUT2D eigenvalue weighted by atomic mass is 32.2. The van der Waals surface area contributed by atoms with E-state index in [2.05, 4.69) is 6.92 Å². The molecule has 0 unspecified atom stereocenters. The summed E-state index contributed by atoms with van der Waals surface area (Å²) in [6, 6.07) is 6.73. The summed E-state index contributed by atoms with van der Waals surface area (Å²) in [6.07, 6.45) is 13.3. The van der Waals surface area contributed by atoms with Gasteiger partial charge in [-0.3, -0.25) is 4.55 Å². The molecule has 0 aliphatic carbocycles. The second-order valence-corrected chi connectivity index (χ2v) is 8.02. The van der Waals surface area contributed by atoms with Gasteiger partial charge in [-0.15, -0.1) is 0 Å². The van der Waals surface area contributed by atoms with Gasteiger partial charge in [0.25, 0.3) is 10.1 Å². The van der Waals surface area contributed by atoms with Crippen LogP contribution in [0.1, 0.15) is 76.7 Å². The Labute approximate surface area is 167 Å². The summed E-state index contributed by atoms with van der Waals surface area (Å²) >= 11 is 0. The van der Waals surface area contributed by atoms with Crippen molar-refractivity contribution in [1.82, 2.24) is 0 Å². The van der Waals surface area contributed by atoms with Crippen LogP contribution in [0, 0.1) is 0 Å². The number of unbranched alkanes of at least 4 members (excludes halogenated alkanes) is 9. The van der Waals surface area contributed by atoms with Gasteiger partial charge in [-0.2, -0.15) is 8.42 Å². The van der Waals surface area contributed by atoms with Crippen LogP contribution in [-0.4, -0.2) is 35.1 Å². The zero-order valence-corrected chi connectivity index (χ0v) is 17.3. The van der Waals surface area contributed by atoms with Crippen LogP contribution in [-0.2, 0) is 26.1 Å². The van der Waals surface area contributed by atoms with E-state index in [0.717, 1.165) is 18.4 Å². The van der Waals surface area contributed by atoms with Gasteiger partial charge in [0.15, 0.2) is 0 Å². The molecule has 160 valence electrons. The molecule has 0 amide bonds. The van der Waals surface area contributed by atoms with Crippen molar-refractivity contribution in [3.63, 3.8) is 0 Å². The maximum atomic E-state index is 11.3. The number of aryl methyl sites for hydroxylation is 1. The van der Waals surface area contributed by atoms with Gasteiger partial charge in [0.1, 0.15) is 0 Å². The zero-order valence-electron chi connectivity index (χ0n) is 16.5. The molecule has 0 aromatic heterocycles. The van der Waals surface area contributed by atoms with Gasteiger partial charge in [-0.05, 0) is 24.5 Å². The molecule has 0 heterocycles. The van der Waals surface area contributed by atoms with Crippen molar-refractivity contribution in [3.05, 3.63) is 29.8 Å². The second-order valence-electron chi connectivity index (χ2n) is 6.63. The van der Waals surface area contributed by atoms with Crippen LogP contribution in [0.4, 0.5) is 0 Å². The van der Waals surface area contributed by atoms with E-state index >= 15 is 0 Å². The minimum atomic E-state index is -4.10. The van der Waals surface area contributed by atoms with Gasteiger partial charge in [0.2, 0.25) is 0 Å². The van der Waals surface area contributed by atoms with E-state index in [-0.39, 0.29) is 4.90 Å². The Morgan fingerprint density at radius 3 is 1.64 bits per heavy atom. The quantitative estimate of drug-likeness (QED) is 0.259. The third-order valence-corrected chi connectivity index (χ3v) is 5.19. The van der Waals surface area contributed by atoms with Crippen molar-refractivity contribution in [2.75, 3.05) is 0 Å². The molecule has 8 heteroatoms. The van der Waals surface area contributed by atoms with Crippen molar-refractivity contribution in [3.8, 4) is 0 Å². The molecule has 0 bridgehead atoms. The largest absolute Gasteiger partial charge is 0.473 e. The SMILES string of the molecule is CCCCCCCCCCCCc1ccccc1S(=O)(=O)O.O=C(O)C(=O)O. The number of rotatable bonds is 12. The maximum Gasteiger partial charge on any atom is 0.414 e. The Morgan fingerprint density at radius 2 is 1.21 bits per heavy atom. The molecule has 0 radical (unpaired) electrons. The molecule has 0 aliphatic heterocycles. The van der Waals surface area contributed by atoms with Crippen LogP contribution in [0.25, 0.3) is 0 Å². The van der Waals surface area contributed by atoms with E-state index < -0.39 is 22.1 Å². The number of benzene rings is 1. The normalized spacial score (nSPS) is 10.8. The first-order chi connectivity index (χ1) is 13.2. The number of aliphatic carboxylic acids is 2. The first kappa shape index (κ1) is 26.1. The second kappa shape index (κ2) is 15.0. The number of carbonyl (C=O) groups is 2. The van der Waals surface area contributed by atoms with Crippen molar-refractivity contribution >= 4 is 22.1 Å². The minimum absolute atomic E-state index is 0.0610. The molecule has 28 heavy (non-hydrogen) atoms. The molecule has 1 aromatic rings. The molecular formula is C20H32O7S. The summed E-state index contributed by atoms with van der Waals surface area (Å²) in [4.78, 5) is 18.3. The van der Waals surface area contributed by atoms with Gasteiger partial charge >= 0.3 is 11.9 Å². The van der Waals surface area contributed by atoms with Gasteiger partial charge in [0, 0.05) is 0 Å².